The molecule has 21 nitrogen and oxygen atoms in total. The van der Waals surface area contributed by atoms with Crippen molar-refractivity contribution in [3.05, 3.63) is 77.9 Å². The van der Waals surface area contributed by atoms with Gasteiger partial charge in [-0.25, -0.2) is 4.98 Å². The summed E-state index contributed by atoms with van der Waals surface area (Å²) in [4.78, 5) is 99.5. The molecule has 0 bridgehead atoms. The maximum atomic E-state index is 13.6. The second-order valence-electron chi connectivity index (χ2n) is 15.8. The van der Waals surface area contributed by atoms with Gasteiger partial charge in [0.15, 0.2) is 5.78 Å². The van der Waals surface area contributed by atoms with Crippen molar-refractivity contribution < 1.29 is 53.9 Å². The van der Waals surface area contributed by atoms with Crippen LogP contribution in [0.25, 0.3) is 11.1 Å². The monoisotopic (exact) mass is 892 g/mol. The number of carbonyl (C=O) groups is 7. The Bertz CT molecular complexity index is 2040. The molecule has 6 amide bonds. The number of aryl methyl sites for hydroxylation is 1. The number of nitrogens with one attached hydrogen (secondary N) is 6. The van der Waals surface area contributed by atoms with Crippen LogP contribution in [0.5, 0.6) is 0 Å². The highest BCUT2D eigenvalue weighted by Gasteiger charge is 2.36. The Morgan fingerprint density at radius 3 is 2.00 bits per heavy atom. The summed E-state index contributed by atoms with van der Waals surface area (Å²) >= 11 is 0. The Hall–Kier alpha value is -6.04. The highest BCUT2D eigenvalue weighted by atomic mass is 16.5. The van der Waals surface area contributed by atoms with E-state index in [-0.39, 0.29) is 18.4 Å². The fourth-order valence-corrected chi connectivity index (χ4v) is 6.34. The van der Waals surface area contributed by atoms with Gasteiger partial charge < -0.3 is 62.6 Å². The van der Waals surface area contributed by atoms with Gasteiger partial charge in [-0.2, -0.15) is 5.06 Å². The number of aromatic amines is 1. The minimum Gasteiger partial charge on any atom is -0.426 e. The van der Waals surface area contributed by atoms with Crippen LogP contribution >= 0.6 is 0 Å². The van der Waals surface area contributed by atoms with Gasteiger partial charge in [0.05, 0.1) is 43.3 Å². The SMILES string of the molecule is CCCCc1ccc(-c2ccc(C(=O)N[C@H](CO)C(=O)N[C@H](C)C(=O)NCC(=O)N(C)[C@@H](Cc3c[nH]cn3)C(=O)N[C@@H](C)C(=O)N[C@@H](CC(C)(N)N(O)CB(O)O)C(C)=O)cc2)cc1. The van der Waals surface area contributed by atoms with E-state index in [0.29, 0.717) is 10.8 Å². The fourth-order valence-electron chi connectivity index (χ4n) is 6.34. The Morgan fingerprint density at radius 2 is 1.45 bits per heavy atom. The van der Waals surface area contributed by atoms with E-state index < -0.39 is 104 Å². The first-order chi connectivity index (χ1) is 30.2. The molecule has 3 rings (SSSR count). The first kappa shape index (κ1) is 52.3. The minimum absolute atomic E-state index is 0.123. The molecule has 6 atom stereocenters. The van der Waals surface area contributed by atoms with Crippen molar-refractivity contribution in [3.63, 3.8) is 0 Å². The van der Waals surface area contributed by atoms with Gasteiger partial charge >= 0.3 is 7.12 Å². The second-order valence-corrected chi connectivity index (χ2v) is 15.8. The van der Waals surface area contributed by atoms with Crippen molar-refractivity contribution in [2.45, 2.75) is 103 Å². The van der Waals surface area contributed by atoms with Crippen LogP contribution < -0.4 is 32.3 Å². The summed E-state index contributed by atoms with van der Waals surface area (Å²) in [6.07, 6.45) is 4.92. The molecule has 0 aliphatic rings. The first-order valence-electron chi connectivity index (χ1n) is 20.8. The third-order valence-electron chi connectivity index (χ3n) is 10.4. The zero-order chi connectivity index (χ0) is 47.7. The molecule has 0 aliphatic carbocycles. The largest absolute Gasteiger partial charge is 0.469 e. The molecule has 1 aromatic heterocycles. The lowest BCUT2D eigenvalue weighted by molar-refractivity contribution is -0.163. The number of carbonyl (C=O) groups excluding carboxylic acids is 7. The lowest BCUT2D eigenvalue weighted by Gasteiger charge is -2.35. The standard InChI is InChI=1S/C42H61BN10O11/c1-7-8-9-28-10-12-29(13-11-28)30-14-16-31(17-15-30)39(59)51-34(22-54)40(60)48-25(2)37(57)46-21-36(56)52(6)35(18-32-20-45-24-47-32)41(61)49-26(3)38(58)50-33(27(4)55)19-42(5,44)53(64)23-43(62)63/h10-17,20,24-26,33-35,54,62-64H,7-9,18-19,21-23,44H2,1-6H3,(H,45,47)(H,46,57)(H,48,60)(H,49,61)(H,50,58)(H,51,59)/t25-,26+,33+,34-,35+,42?/m1/s1. The molecule has 2 aromatic carbocycles. The number of Topliss-reactive ketones (excluding diaryl/α,β-unsaturated/α-hetero) is 1. The van der Waals surface area contributed by atoms with E-state index in [1.165, 1.54) is 52.8 Å². The van der Waals surface area contributed by atoms with Crippen LogP contribution in [0, 0.1) is 0 Å². The number of rotatable bonds is 25. The predicted molar refractivity (Wildman–Crippen MR) is 234 cm³/mol. The van der Waals surface area contributed by atoms with Crippen LogP contribution in [-0.4, -0.2) is 151 Å². The van der Waals surface area contributed by atoms with Crippen LogP contribution in [0.1, 0.15) is 75.5 Å². The van der Waals surface area contributed by atoms with Crippen molar-refractivity contribution in [3.8, 4) is 11.1 Å². The molecule has 0 saturated carbocycles. The first-order valence-corrected chi connectivity index (χ1v) is 20.8. The molecule has 3 aromatic rings. The van der Waals surface area contributed by atoms with Crippen LogP contribution in [0.3, 0.4) is 0 Å². The molecule has 12 N–H and O–H groups in total. The summed E-state index contributed by atoms with van der Waals surface area (Å²) in [5.74, 6) is -5.18. The van der Waals surface area contributed by atoms with E-state index in [0.717, 1.165) is 35.3 Å². The lowest BCUT2D eigenvalue weighted by Crippen LogP contribution is -2.60. The van der Waals surface area contributed by atoms with Crippen LogP contribution in [0.2, 0.25) is 0 Å². The summed E-state index contributed by atoms with van der Waals surface area (Å²) in [7, 11) is -0.638. The number of hydrogen-bond donors (Lipinski definition) is 11. The third kappa shape index (κ3) is 15.9. The van der Waals surface area contributed by atoms with Crippen molar-refractivity contribution in [1.29, 1.82) is 0 Å². The number of aliphatic hydroxyl groups excluding tert-OH is 1. The van der Waals surface area contributed by atoms with Gasteiger partial charge in [0.2, 0.25) is 29.5 Å². The number of aliphatic hydroxyl groups is 1. The topological polar surface area (TPSA) is 322 Å². The van der Waals surface area contributed by atoms with E-state index in [1.54, 1.807) is 24.3 Å². The van der Waals surface area contributed by atoms with Gasteiger partial charge in [0.1, 0.15) is 24.2 Å². The summed E-state index contributed by atoms with van der Waals surface area (Å²) in [6.45, 7) is 5.87. The maximum absolute atomic E-state index is 13.6. The van der Waals surface area contributed by atoms with Crippen molar-refractivity contribution in [2.75, 3.05) is 26.6 Å². The van der Waals surface area contributed by atoms with Gasteiger partial charge in [-0.3, -0.25) is 33.6 Å². The Labute approximate surface area is 372 Å². The molecule has 0 radical (unpaired) electrons. The Balaban J connectivity index is 1.57. The fraction of sp³-hybridized carbons (Fsp3) is 0.476. The summed E-state index contributed by atoms with van der Waals surface area (Å²) in [6, 6.07) is 8.48. The van der Waals surface area contributed by atoms with Crippen LogP contribution in [0.4, 0.5) is 0 Å². The summed E-state index contributed by atoms with van der Waals surface area (Å²) in [5.41, 5.74) is 8.11. The zero-order valence-electron chi connectivity index (χ0n) is 37.0. The van der Waals surface area contributed by atoms with Gasteiger partial charge in [-0.1, -0.05) is 49.7 Å². The number of ketones is 1. The molecule has 22 heteroatoms. The van der Waals surface area contributed by atoms with E-state index in [1.807, 2.05) is 12.1 Å². The number of hydrogen-bond acceptors (Lipinski definition) is 14. The van der Waals surface area contributed by atoms with Gasteiger partial charge in [-0.05, 0) is 69.4 Å². The number of hydroxylamine groups is 2. The number of H-pyrrole nitrogens is 1. The van der Waals surface area contributed by atoms with E-state index in [9.17, 15) is 53.9 Å². The number of aromatic nitrogens is 2. The molecular weight excluding hydrogens is 831 g/mol. The molecular formula is C42H61BN10O11. The summed E-state index contributed by atoms with van der Waals surface area (Å²) in [5, 5.41) is 51.2. The lowest BCUT2D eigenvalue weighted by atomic mass is 9.89. The number of benzene rings is 2. The molecule has 0 spiro atoms. The average molecular weight is 893 g/mol. The van der Waals surface area contributed by atoms with Crippen LogP contribution in [0.15, 0.2) is 61.1 Å². The highest BCUT2D eigenvalue weighted by Crippen LogP contribution is 2.21. The molecule has 0 fully saturated rings. The Morgan fingerprint density at radius 1 is 0.859 bits per heavy atom. The molecule has 348 valence electrons. The Kier molecular flexibility index (Phi) is 20.2. The van der Waals surface area contributed by atoms with Crippen molar-refractivity contribution in [1.82, 2.24) is 46.5 Å². The molecule has 0 aliphatic heterocycles. The number of nitrogens with zero attached hydrogens (tertiary/aromatic N) is 3. The zero-order valence-corrected chi connectivity index (χ0v) is 37.0. The highest BCUT2D eigenvalue weighted by molar-refractivity contribution is 6.41. The number of unbranched alkanes of at least 4 members (excludes halogenated alkanes) is 1. The number of amides is 6. The maximum Gasteiger partial charge on any atom is 0.469 e. The minimum atomic E-state index is -1.94. The number of likely N-dealkylation sites (N-methyl/N-ethyl adjacent to an activating group) is 1. The van der Waals surface area contributed by atoms with Crippen molar-refractivity contribution in [2.24, 2.45) is 5.73 Å². The van der Waals surface area contributed by atoms with Gasteiger partial charge in [0.25, 0.3) is 5.91 Å². The van der Waals surface area contributed by atoms with E-state index >= 15 is 0 Å². The average Bonchev–Trinajstić information content (AvgIpc) is 3.78. The predicted octanol–water partition coefficient (Wildman–Crippen LogP) is -1.45. The van der Waals surface area contributed by atoms with E-state index in [4.69, 9.17) is 5.73 Å². The normalized spacial score (nSPS) is 14.4. The quantitative estimate of drug-likeness (QED) is 0.0264. The molecule has 0 saturated heterocycles. The van der Waals surface area contributed by atoms with Crippen LogP contribution in [-0.2, 0) is 41.6 Å². The second kappa shape index (κ2) is 24.7. The third-order valence-corrected chi connectivity index (χ3v) is 10.4. The number of imidazole rings is 1. The van der Waals surface area contributed by atoms with Crippen molar-refractivity contribution >= 4 is 48.3 Å². The smallest absolute Gasteiger partial charge is 0.426 e. The molecule has 1 heterocycles. The van der Waals surface area contributed by atoms with Gasteiger partial charge in [0, 0.05) is 31.6 Å². The molecule has 64 heavy (non-hydrogen) atoms. The molecule has 1 unspecified atom stereocenters. The van der Waals surface area contributed by atoms with Gasteiger partial charge in [-0.15, -0.1) is 0 Å². The summed E-state index contributed by atoms with van der Waals surface area (Å²) < 4.78 is 0. The number of nitrogens with two attached hydrogens (primary N) is 1. The van der Waals surface area contributed by atoms with E-state index in [2.05, 4.69) is 55.6 Å².